The number of carbonyl (C=O) groups is 2. The first-order valence-electron chi connectivity index (χ1n) is 7.15. The fourth-order valence-corrected chi connectivity index (χ4v) is 2.99. The molecule has 0 spiro atoms. The summed E-state index contributed by atoms with van der Waals surface area (Å²) in [5, 5.41) is -0.161. The molecule has 8 heteroatoms. The third-order valence-electron chi connectivity index (χ3n) is 3.80. The summed E-state index contributed by atoms with van der Waals surface area (Å²) in [4.78, 5) is 25.1. The SMILES string of the molecule is NC(=O)C[C@@H]1CCCCN1C(=O)c1cc(Cl)cc(C(F)(F)F)c1. The molecule has 0 aliphatic carbocycles. The highest BCUT2D eigenvalue weighted by Crippen LogP contribution is 2.32. The molecule has 2 rings (SSSR count). The molecule has 0 bridgehead atoms. The van der Waals surface area contributed by atoms with E-state index in [-0.39, 0.29) is 23.0 Å². The van der Waals surface area contributed by atoms with E-state index in [1.54, 1.807) is 0 Å². The minimum atomic E-state index is -4.59. The van der Waals surface area contributed by atoms with Crippen LogP contribution in [0.5, 0.6) is 0 Å². The highest BCUT2D eigenvalue weighted by Gasteiger charge is 2.33. The fourth-order valence-electron chi connectivity index (χ4n) is 2.75. The number of alkyl halides is 3. The summed E-state index contributed by atoms with van der Waals surface area (Å²) in [6.45, 7) is 0.380. The number of halogens is 4. The molecule has 0 saturated carbocycles. The Bertz CT molecular complexity index is 619. The molecule has 1 aliphatic rings. The van der Waals surface area contributed by atoms with Crippen LogP contribution in [-0.2, 0) is 11.0 Å². The van der Waals surface area contributed by atoms with E-state index in [4.69, 9.17) is 17.3 Å². The number of benzene rings is 1. The fraction of sp³-hybridized carbons (Fsp3) is 0.467. The number of amides is 2. The number of primary amides is 1. The van der Waals surface area contributed by atoms with Gasteiger partial charge in [-0.3, -0.25) is 9.59 Å². The van der Waals surface area contributed by atoms with Gasteiger partial charge in [0.25, 0.3) is 5.91 Å². The van der Waals surface area contributed by atoms with Gasteiger partial charge in [-0.1, -0.05) is 11.6 Å². The van der Waals surface area contributed by atoms with Crippen LogP contribution in [0.25, 0.3) is 0 Å². The predicted molar refractivity (Wildman–Crippen MR) is 78.9 cm³/mol. The minimum Gasteiger partial charge on any atom is -0.370 e. The number of hydrogen-bond donors (Lipinski definition) is 1. The monoisotopic (exact) mass is 348 g/mol. The molecule has 1 atom stereocenters. The molecule has 1 aliphatic heterocycles. The summed E-state index contributed by atoms with van der Waals surface area (Å²) in [6, 6.07) is 2.37. The van der Waals surface area contributed by atoms with Crippen LogP contribution in [0.4, 0.5) is 13.2 Å². The van der Waals surface area contributed by atoms with Gasteiger partial charge in [0, 0.05) is 29.6 Å². The van der Waals surface area contributed by atoms with Crippen molar-refractivity contribution in [3.63, 3.8) is 0 Å². The van der Waals surface area contributed by atoms with Crippen molar-refractivity contribution < 1.29 is 22.8 Å². The van der Waals surface area contributed by atoms with E-state index in [0.29, 0.717) is 13.0 Å². The third kappa shape index (κ3) is 4.37. The lowest BCUT2D eigenvalue weighted by atomic mass is 9.97. The van der Waals surface area contributed by atoms with Gasteiger partial charge in [-0.15, -0.1) is 0 Å². The zero-order chi connectivity index (χ0) is 17.2. The van der Waals surface area contributed by atoms with Gasteiger partial charge in [-0.05, 0) is 37.5 Å². The highest BCUT2D eigenvalue weighted by molar-refractivity contribution is 6.31. The molecule has 4 nitrogen and oxygen atoms in total. The van der Waals surface area contributed by atoms with Crippen LogP contribution >= 0.6 is 11.6 Å². The van der Waals surface area contributed by atoms with E-state index in [1.165, 1.54) is 11.0 Å². The van der Waals surface area contributed by atoms with Crippen molar-refractivity contribution in [1.29, 1.82) is 0 Å². The van der Waals surface area contributed by atoms with Crippen molar-refractivity contribution in [2.75, 3.05) is 6.54 Å². The number of hydrogen-bond acceptors (Lipinski definition) is 2. The summed E-state index contributed by atoms with van der Waals surface area (Å²) < 4.78 is 38.6. The van der Waals surface area contributed by atoms with Crippen molar-refractivity contribution in [2.24, 2.45) is 5.73 Å². The maximum absolute atomic E-state index is 12.9. The minimum absolute atomic E-state index is 0.00155. The molecule has 126 valence electrons. The van der Waals surface area contributed by atoms with E-state index in [0.717, 1.165) is 25.0 Å². The molecule has 2 amide bonds. The van der Waals surface area contributed by atoms with Gasteiger partial charge >= 0.3 is 6.18 Å². The molecule has 0 unspecified atom stereocenters. The topological polar surface area (TPSA) is 63.4 Å². The summed E-state index contributed by atoms with van der Waals surface area (Å²) >= 11 is 5.71. The Balaban J connectivity index is 2.31. The smallest absolute Gasteiger partial charge is 0.370 e. The highest BCUT2D eigenvalue weighted by atomic mass is 35.5. The number of nitrogens with two attached hydrogens (primary N) is 1. The summed E-state index contributed by atoms with van der Waals surface area (Å²) in [5.74, 6) is -1.11. The Kier molecular flexibility index (Phi) is 5.19. The van der Waals surface area contributed by atoms with E-state index in [9.17, 15) is 22.8 Å². The first-order valence-corrected chi connectivity index (χ1v) is 7.53. The van der Waals surface area contributed by atoms with E-state index in [1.807, 2.05) is 0 Å². The quantitative estimate of drug-likeness (QED) is 0.911. The molecule has 0 radical (unpaired) electrons. The van der Waals surface area contributed by atoms with E-state index < -0.39 is 23.6 Å². The summed E-state index contributed by atoms with van der Waals surface area (Å²) in [6.07, 6.45) is -2.42. The second-order valence-corrected chi connectivity index (χ2v) is 5.98. The zero-order valence-corrected chi connectivity index (χ0v) is 13.0. The zero-order valence-electron chi connectivity index (χ0n) is 12.2. The molecule has 1 aromatic rings. The second-order valence-electron chi connectivity index (χ2n) is 5.54. The van der Waals surface area contributed by atoms with Crippen LogP contribution in [-0.4, -0.2) is 29.3 Å². The van der Waals surface area contributed by atoms with Crippen LogP contribution in [0.15, 0.2) is 18.2 Å². The first kappa shape index (κ1) is 17.6. The van der Waals surface area contributed by atoms with E-state index in [2.05, 4.69) is 0 Å². The van der Waals surface area contributed by atoms with Gasteiger partial charge in [0.05, 0.1) is 5.56 Å². The van der Waals surface area contributed by atoms with Crippen molar-refractivity contribution in [3.8, 4) is 0 Å². The van der Waals surface area contributed by atoms with Gasteiger partial charge in [0.15, 0.2) is 0 Å². The Morgan fingerprint density at radius 1 is 1.26 bits per heavy atom. The van der Waals surface area contributed by atoms with Crippen molar-refractivity contribution in [2.45, 2.75) is 37.9 Å². The average molecular weight is 349 g/mol. The van der Waals surface area contributed by atoms with Gasteiger partial charge in [0.1, 0.15) is 0 Å². The molecule has 1 fully saturated rings. The molecule has 2 N–H and O–H groups in total. The maximum Gasteiger partial charge on any atom is 0.416 e. The van der Waals surface area contributed by atoms with Gasteiger partial charge in [-0.2, -0.15) is 13.2 Å². The Hall–Kier alpha value is -1.76. The predicted octanol–water partition coefficient (Wildman–Crippen LogP) is 3.23. The lowest BCUT2D eigenvalue weighted by molar-refractivity contribution is -0.137. The third-order valence-corrected chi connectivity index (χ3v) is 4.02. The summed E-state index contributed by atoms with van der Waals surface area (Å²) in [5.41, 5.74) is 4.07. The molecule has 1 heterocycles. The number of rotatable bonds is 3. The lowest BCUT2D eigenvalue weighted by Crippen LogP contribution is -2.45. The number of likely N-dealkylation sites (tertiary alicyclic amines) is 1. The van der Waals surface area contributed by atoms with Crippen LogP contribution in [0.3, 0.4) is 0 Å². The van der Waals surface area contributed by atoms with Crippen LogP contribution in [0, 0.1) is 0 Å². The van der Waals surface area contributed by atoms with Crippen LogP contribution in [0.2, 0.25) is 5.02 Å². The van der Waals surface area contributed by atoms with Gasteiger partial charge < -0.3 is 10.6 Å². The Morgan fingerprint density at radius 2 is 1.96 bits per heavy atom. The van der Waals surface area contributed by atoms with Crippen LogP contribution in [0.1, 0.15) is 41.6 Å². The number of carbonyl (C=O) groups excluding carboxylic acids is 2. The largest absolute Gasteiger partial charge is 0.416 e. The molecule has 1 aromatic carbocycles. The van der Waals surface area contributed by atoms with Crippen molar-refractivity contribution in [1.82, 2.24) is 4.90 Å². The normalized spacial score (nSPS) is 18.8. The van der Waals surface area contributed by atoms with Gasteiger partial charge in [-0.25, -0.2) is 0 Å². The van der Waals surface area contributed by atoms with Crippen LogP contribution < -0.4 is 5.73 Å². The molecular formula is C15H16ClF3N2O2. The second kappa shape index (κ2) is 6.78. The standard InChI is InChI=1S/C15H16ClF3N2O2/c16-11-6-9(5-10(7-11)15(17,18)19)14(23)21-4-2-1-3-12(21)8-13(20)22/h5-7,12H,1-4,8H2,(H2,20,22)/t12-/m0/s1. The van der Waals surface area contributed by atoms with Gasteiger partial charge in [0.2, 0.25) is 5.91 Å². The number of nitrogens with zero attached hydrogens (tertiary/aromatic N) is 1. The van der Waals surface area contributed by atoms with Crippen molar-refractivity contribution in [3.05, 3.63) is 34.3 Å². The lowest BCUT2D eigenvalue weighted by Gasteiger charge is -2.35. The molecule has 23 heavy (non-hydrogen) atoms. The number of piperidine rings is 1. The Labute approximate surface area is 136 Å². The molecular weight excluding hydrogens is 333 g/mol. The van der Waals surface area contributed by atoms with Crippen molar-refractivity contribution >= 4 is 23.4 Å². The summed E-state index contributed by atoms with van der Waals surface area (Å²) in [7, 11) is 0. The maximum atomic E-state index is 12.9. The molecule has 0 aromatic heterocycles. The van der Waals surface area contributed by atoms with E-state index >= 15 is 0 Å². The first-order chi connectivity index (χ1) is 10.7. The molecule has 1 saturated heterocycles. The Morgan fingerprint density at radius 3 is 2.57 bits per heavy atom. The average Bonchev–Trinajstić information content (AvgIpc) is 2.45.